The van der Waals surface area contributed by atoms with Gasteiger partial charge in [-0.15, -0.1) is 23.1 Å². The summed E-state index contributed by atoms with van der Waals surface area (Å²) in [7, 11) is 1.90. The number of hydrogen-bond acceptors (Lipinski definition) is 6. The smallest absolute Gasteiger partial charge is 0.238 e. The molecule has 0 saturated carbocycles. The normalized spacial score (nSPS) is 10.8. The molecule has 1 heterocycles. The Morgan fingerprint density at radius 2 is 2.24 bits per heavy atom. The van der Waals surface area contributed by atoms with Crippen LogP contribution >= 0.6 is 23.1 Å². The first-order chi connectivity index (χ1) is 10.1. The van der Waals surface area contributed by atoms with Gasteiger partial charge in [-0.2, -0.15) is 0 Å². The van der Waals surface area contributed by atoms with Crippen molar-refractivity contribution < 1.29 is 4.79 Å². The van der Waals surface area contributed by atoms with Crippen molar-refractivity contribution in [3.63, 3.8) is 0 Å². The molecule has 21 heavy (non-hydrogen) atoms. The molecule has 1 amide bonds. The van der Waals surface area contributed by atoms with Crippen LogP contribution in [-0.4, -0.2) is 35.6 Å². The van der Waals surface area contributed by atoms with E-state index < -0.39 is 0 Å². The number of hydrogen-bond donors (Lipinski definition) is 2. The van der Waals surface area contributed by atoms with Crippen LogP contribution in [0.1, 0.15) is 4.88 Å². The lowest BCUT2D eigenvalue weighted by Crippen LogP contribution is -2.29. The summed E-state index contributed by atoms with van der Waals surface area (Å²) < 4.78 is 0. The van der Waals surface area contributed by atoms with E-state index >= 15 is 0 Å². The average molecular weight is 322 g/mol. The van der Waals surface area contributed by atoms with Gasteiger partial charge in [-0.05, 0) is 25.4 Å². The molecule has 0 radical (unpaired) electrons. The van der Waals surface area contributed by atoms with Crippen molar-refractivity contribution in [2.75, 3.05) is 30.9 Å². The molecule has 1 aromatic carbocycles. The molecule has 0 aliphatic rings. The predicted molar refractivity (Wildman–Crippen MR) is 89.7 cm³/mol. The number of carbonyl (C=O) groups is 1. The van der Waals surface area contributed by atoms with E-state index in [1.165, 1.54) is 11.3 Å². The van der Waals surface area contributed by atoms with Crippen molar-refractivity contribution in [1.82, 2.24) is 9.88 Å². The van der Waals surface area contributed by atoms with Crippen LogP contribution < -0.4 is 11.1 Å². The molecule has 0 saturated heterocycles. The Bertz CT molecular complexity index is 615. The summed E-state index contributed by atoms with van der Waals surface area (Å²) in [6.07, 6.45) is 3.74. The van der Waals surface area contributed by atoms with Crippen molar-refractivity contribution in [3.05, 3.63) is 35.3 Å². The Morgan fingerprint density at radius 1 is 1.48 bits per heavy atom. The van der Waals surface area contributed by atoms with Crippen LogP contribution in [0.5, 0.6) is 0 Å². The Morgan fingerprint density at radius 3 is 2.90 bits per heavy atom. The molecule has 0 aliphatic carbocycles. The van der Waals surface area contributed by atoms with Crippen LogP contribution in [0.15, 0.2) is 35.4 Å². The zero-order valence-electron chi connectivity index (χ0n) is 12.0. The molecule has 0 fully saturated rings. The zero-order valence-corrected chi connectivity index (χ0v) is 13.6. The second kappa shape index (κ2) is 7.44. The maximum absolute atomic E-state index is 12.1. The highest BCUT2D eigenvalue weighted by Gasteiger charge is 2.10. The van der Waals surface area contributed by atoms with E-state index in [1.54, 1.807) is 18.0 Å². The first kappa shape index (κ1) is 15.8. The number of thioether (sulfide) groups is 1. The molecule has 0 unspecified atom stereocenters. The highest BCUT2D eigenvalue weighted by Crippen LogP contribution is 2.24. The fourth-order valence-electron chi connectivity index (χ4n) is 1.90. The lowest BCUT2D eigenvalue weighted by molar-refractivity contribution is -0.117. The number of aromatic nitrogens is 1. The Kier molecular flexibility index (Phi) is 5.60. The molecule has 3 N–H and O–H groups in total. The lowest BCUT2D eigenvalue weighted by Gasteiger charge is -2.16. The number of nitrogen functional groups attached to an aromatic ring is 1. The second-order valence-corrected chi connectivity index (χ2v) is 6.58. The number of amides is 1. The first-order valence-electron chi connectivity index (χ1n) is 6.40. The third kappa shape index (κ3) is 4.73. The molecule has 0 aliphatic heterocycles. The van der Waals surface area contributed by atoms with Crippen LogP contribution in [0.3, 0.4) is 0 Å². The average Bonchev–Trinajstić information content (AvgIpc) is 2.84. The van der Waals surface area contributed by atoms with Gasteiger partial charge in [-0.25, -0.2) is 4.98 Å². The Hall–Kier alpha value is -1.57. The summed E-state index contributed by atoms with van der Waals surface area (Å²) in [5.41, 5.74) is 6.45. The number of likely N-dealkylation sites (N-methyl/N-ethyl adjacent to an activating group) is 1. The van der Waals surface area contributed by atoms with Gasteiger partial charge in [0.1, 0.15) is 0 Å². The van der Waals surface area contributed by atoms with E-state index in [1.807, 2.05) is 42.5 Å². The van der Waals surface area contributed by atoms with E-state index in [9.17, 15) is 4.79 Å². The van der Waals surface area contributed by atoms with Gasteiger partial charge < -0.3 is 11.1 Å². The van der Waals surface area contributed by atoms with Crippen LogP contribution in [0.4, 0.5) is 10.8 Å². The molecular formula is C14H18N4OS2. The second-order valence-electron chi connectivity index (χ2n) is 4.59. The van der Waals surface area contributed by atoms with E-state index in [-0.39, 0.29) is 5.91 Å². The monoisotopic (exact) mass is 322 g/mol. The summed E-state index contributed by atoms with van der Waals surface area (Å²) >= 11 is 3.06. The maximum atomic E-state index is 12.1. The SMILES string of the molecule is CSc1ccccc1NC(=O)CN(C)Cc1cnc(N)s1. The van der Waals surface area contributed by atoms with Crippen molar-refractivity contribution in [2.24, 2.45) is 0 Å². The molecule has 5 nitrogen and oxygen atoms in total. The summed E-state index contributed by atoms with van der Waals surface area (Å²) in [4.78, 5) is 20.1. The minimum absolute atomic E-state index is 0.0310. The molecule has 2 rings (SSSR count). The van der Waals surface area contributed by atoms with Crippen LogP contribution in [0.25, 0.3) is 0 Å². The number of carbonyl (C=O) groups excluding carboxylic acids is 1. The number of thiazole rings is 1. The molecule has 7 heteroatoms. The first-order valence-corrected chi connectivity index (χ1v) is 8.44. The third-order valence-corrected chi connectivity index (χ3v) is 4.40. The highest BCUT2D eigenvalue weighted by atomic mass is 32.2. The van der Waals surface area contributed by atoms with Gasteiger partial charge in [0.2, 0.25) is 5.91 Å². The summed E-state index contributed by atoms with van der Waals surface area (Å²) in [5, 5.41) is 3.50. The van der Waals surface area contributed by atoms with Crippen molar-refractivity contribution in [2.45, 2.75) is 11.4 Å². The molecule has 1 aromatic heterocycles. The summed E-state index contributed by atoms with van der Waals surface area (Å²) in [6.45, 7) is 0.979. The molecule has 2 aromatic rings. The molecule has 0 atom stereocenters. The van der Waals surface area contributed by atoms with Crippen LogP contribution in [0.2, 0.25) is 0 Å². The number of para-hydroxylation sites is 1. The van der Waals surface area contributed by atoms with E-state index in [2.05, 4.69) is 10.3 Å². The van der Waals surface area contributed by atoms with Gasteiger partial charge in [0, 0.05) is 22.5 Å². The standard InChI is InChI=1S/C14H18N4OS2/c1-18(8-10-7-16-14(15)21-10)9-13(19)17-11-5-3-4-6-12(11)20-2/h3-7H,8-9H2,1-2H3,(H2,15,16)(H,17,19). The van der Waals surface area contributed by atoms with Gasteiger partial charge in [-0.3, -0.25) is 9.69 Å². The Labute approximate surface area is 132 Å². The lowest BCUT2D eigenvalue weighted by atomic mass is 10.3. The molecule has 112 valence electrons. The van der Waals surface area contributed by atoms with E-state index in [0.29, 0.717) is 18.2 Å². The van der Waals surface area contributed by atoms with Gasteiger partial charge in [0.05, 0.1) is 12.2 Å². The van der Waals surface area contributed by atoms with Crippen molar-refractivity contribution in [3.8, 4) is 0 Å². The largest absolute Gasteiger partial charge is 0.375 e. The number of anilines is 2. The molecule has 0 spiro atoms. The fraction of sp³-hybridized carbons (Fsp3) is 0.286. The number of nitrogens with two attached hydrogens (primary N) is 1. The van der Waals surface area contributed by atoms with Gasteiger partial charge >= 0.3 is 0 Å². The molecular weight excluding hydrogens is 304 g/mol. The highest BCUT2D eigenvalue weighted by molar-refractivity contribution is 7.98. The maximum Gasteiger partial charge on any atom is 0.238 e. The predicted octanol–water partition coefficient (Wildman–Crippen LogP) is 2.52. The molecule has 0 bridgehead atoms. The van der Waals surface area contributed by atoms with Crippen molar-refractivity contribution >= 4 is 39.8 Å². The number of nitrogens with zero attached hydrogens (tertiary/aromatic N) is 2. The number of nitrogens with one attached hydrogen (secondary N) is 1. The van der Waals surface area contributed by atoms with E-state index in [0.717, 1.165) is 15.5 Å². The van der Waals surface area contributed by atoms with Gasteiger partial charge in [0.15, 0.2) is 5.13 Å². The fourth-order valence-corrected chi connectivity index (χ4v) is 3.22. The van der Waals surface area contributed by atoms with Crippen molar-refractivity contribution in [1.29, 1.82) is 0 Å². The quantitative estimate of drug-likeness (QED) is 0.800. The Balaban J connectivity index is 1.89. The number of benzene rings is 1. The van der Waals surface area contributed by atoms with Gasteiger partial charge in [0.25, 0.3) is 0 Å². The minimum Gasteiger partial charge on any atom is -0.375 e. The van der Waals surface area contributed by atoms with E-state index in [4.69, 9.17) is 5.73 Å². The summed E-state index contributed by atoms with van der Waals surface area (Å²) in [5.74, 6) is -0.0310. The van der Waals surface area contributed by atoms with Crippen LogP contribution in [-0.2, 0) is 11.3 Å². The zero-order chi connectivity index (χ0) is 15.2. The third-order valence-electron chi connectivity index (χ3n) is 2.79. The topological polar surface area (TPSA) is 71.2 Å². The number of rotatable bonds is 6. The minimum atomic E-state index is -0.0310. The van der Waals surface area contributed by atoms with Crippen LogP contribution in [0, 0.1) is 0 Å². The summed E-state index contributed by atoms with van der Waals surface area (Å²) in [6, 6.07) is 7.78. The van der Waals surface area contributed by atoms with Gasteiger partial charge in [-0.1, -0.05) is 12.1 Å².